The molecule has 0 aliphatic carbocycles. The summed E-state index contributed by atoms with van der Waals surface area (Å²) in [6, 6.07) is 10.2. The van der Waals surface area contributed by atoms with Crippen LogP contribution in [0.1, 0.15) is 15.9 Å². The van der Waals surface area contributed by atoms with Crippen molar-refractivity contribution in [1.82, 2.24) is 10.7 Å². The van der Waals surface area contributed by atoms with Crippen LogP contribution in [0.2, 0.25) is 0 Å². The molecule has 2 aromatic carbocycles. The van der Waals surface area contributed by atoms with E-state index >= 15 is 0 Å². The molecule has 9 heteroatoms. The molecule has 0 fully saturated rings. The van der Waals surface area contributed by atoms with E-state index in [9.17, 15) is 9.59 Å². The molecule has 2 aromatic rings. The Morgan fingerprint density at radius 2 is 2.03 bits per heavy atom. The summed E-state index contributed by atoms with van der Waals surface area (Å²) in [7, 11) is 0. The lowest BCUT2D eigenvalue weighted by atomic mass is 10.2. The van der Waals surface area contributed by atoms with Gasteiger partial charge >= 0.3 is 0 Å². The summed E-state index contributed by atoms with van der Waals surface area (Å²) in [6.07, 6.45) is 3.14. The zero-order valence-electron chi connectivity index (χ0n) is 15.3. The number of hydrogen-bond donors (Lipinski definition) is 2. The average molecular weight is 460 g/mol. The molecule has 0 saturated carbocycles. The topological polar surface area (TPSA) is 98.2 Å². The van der Waals surface area contributed by atoms with E-state index < -0.39 is 11.8 Å². The average Bonchev–Trinajstić information content (AvgIpc) is 3.19. The fourth-order valence-corrected chi connectivity index (χ4v) is 2.89. The van der Waals surface area contributed by atoms with Crippen LogP contribution in [0.4, 0.5) is 0 Å². The number of nitrogens with zero attached hydrogens (tertiary/aromatic N) is 1. The first-order chi connectivity index (χ1) is 14.1. The fraction of sp³-hybridized carbons (Fsp3) is 0.150. The zero-order valence-corrected chi connectivity index (χ0v) is 16.9. The molecule has 0 spiro atoms. The predicted octanol–water partition coefficient (Wildman–Crippen LogP) is 2.62. The van der Waals surface area contributed by atoms with Gasteiger partial charge in [-0.15, -0.1) is 0 Å². The third-order valence-corrected chi connectivity index (χ3v) is 4.38. The summed E-state index contributed by atoms with van der Waals surface area (Å²) in [6.45, 7) is 3.91. The first-order valence-electron chi connectivity index (χ1n) is 8.60. The summed E-state index contributed by atoms with van der Waals surface area (Å²) < 4.78 is 16.6. The first kappa shape index (κ1) is 20.4. The molecule has 29 heavy (non-hydrogen) atoms. The molecule has 2 N–H and O–H groups in total. The maximum absolute atomic E-state index is 12.1. The second kappa shape index (κ2) is 9.74. The number of fused-ring (bicyclic) bond motifs is 1. The van der Waals surface area contributed by atoms with Crippen molar-refractivity contribution in [3.63, 3.8) is 0 Å². The Labute approximate surface area is 175 Å². The van der Waals surface area contributed by atoms with E-state index in [-0.39, 0.29) is 13.3 Å². The van der Waals surface area contributed by atoms with Crippen LogP contribution in [0, 0.1) is 0 Å². The molecule has 0 aromatic heterocycles. The fourth-order valence-electron chi connectivity index (χ4n) is 2.38. The van der Waals surface area contributed by atoms with Crippen molar-refractivity contribution in [3.8, 4) is 17.2 Å². The smallest absolute Gasteiger partial charge is 0.259 e. The minimum atomic E-state index is -0.458. The van der Waals surface area contributed by atoms with E-state index in [1.807, 2.05) is 0 Å². The van der Waals surface area contributed by atoms with Crippen LogP contribution in [-0.2, 0) is 4.79 Å². The van der Waals surface area contributed by atoms with Crippen LogP contribution >= 0.6 is 15.9 Å². The Bertz CT molecular complexity index is 961. The van der Waals surface area contributed by atoms with Crippen molar-refractivity contribution >= 4 is 34.0 Å². The van der Waals surface area contributed by atoms with Gasteiger partial charge in [0.2, 0.25) is 6.79 Å². The van der Waals surface area contributed by atoms with Gasteiger partial charge in [-0.05, 0) is 57.9 Å². The molecule has 1 heterocycles. The van der Waals surface area contributed by atoms with E-state index in [4.69, 9.17) is 14.2 Å². The SMILES string of the molecule is C=CCOc1ccc(/C=N\NC(=O)CNC(=O)c2ccc3c(c2)OCO3)cc1Br. The normalized spacial score (nSPS) is 11.9. The molecule has 2 amide bonds. The zero-order chi connectivity index (χ0) is 20.6. The molecule has 8 nitrogen and oxygen atoms in total. The Morgan fingerprint density at radius 1 is 1.21 bits per heavy atom. The van der Waals surface area contributed by atoms with Gasteiger partial charge in [0.25, 0.3) is 11.8 Å². The molecule has 3 rings (SSSR count). The lowest BCUT2D eigenvalue weighted by molar-refractivity contribution is -0.120. The van der Waals surface area contributed by atoms with Crippen LogP contribution < -0.4 is 25.0 Å². The van der Waals surface area contributed by atoms with Gasteiger partial charge in [0.05, 0.1) is 17.2 Å². The molecular formula is C20H18BrN3O5. The molecule has 1 aliphatic heterocycles. The first-order valence-corrected chi connectivity index (χ1v) is 9.39. The lowest BCUT2D eigenvalue weighted by Gasteiger charge is -2.06. The molecule has 1 aliphatic rings. The van der Waals surface area contributed by atoms with Gasteiger partial charge in [-0.25, -0.2) is 5.43 Å². The van der Waals surface area contributed by atoms with E-state index in [2.05, 4.69) is 38.4 Å². The molecular weight excluding hydrogens is 442 g/mol. The quantitative estimate of drug-likeness (QED) is 0.359. The van der Waals surface area contributed by atoms with Crippen molar-refractivity contribution in [2.75, 3.05) is 19.9 Å². The number of carbonyl (C=O) groups is 2. The molecule has 0 saturated heterocycles. The number of hydrazone groups is 1. The summed E-state index contributed by atoms with van der Waals surface area (Å²) in [5, 5.41) is 6.40. The number of rotatable bonds is 8. The molecule has 0 bridgehead atoms. The van der Waals surface area contributed by atoms with E-state index in [0.29, 0.717) is 29.4 Å². The van der Waals surface area contributed by atoms with Gasteiger partial charge in [-0.1, -0.05) is 12.7 Å². The number of nitrogens with one attached hydrogen (secondary N) is 2. The molecule has 0 atom stereocenters. The second-order valence-corrected chi connectivity index (χ2v) is 6.69. The van der Waals surface area contributed by atoms with E-state index in [0.717, 1.165) is 10.0 Å². The largest absolute Gasteiger partial charge is 0.488 e. The minimum Gasteiger partial charge on any atom is -0.488 e. The number of amides is 2. The number of ether oxygens (including phenoxy) is 3. The molecule has 0 unspecified atom stereocenters. The Balaban J connectivity index is 1.46. The number of halogens is 1. The predicted molar refractivity (Wildman–Crippen MR) is 110 cm³/mol. The van der Waals surface area contributed by atoms with Crippen molar-refractivity contribution in [2.24, 2.45) is 5.10 Å². The third kappa shape index (κ3) is 5.58. The maximum Gasteiger partial charge on any atom is 0.259 e. The maximum atomic E-state index is 12.1. The van der Waals surface area contributed by atoms with E-state index in [1.54, 1.807) is 42.5 Å². The van der Waals surface area contributed by atoms with Gasteiger partial charge < -0.3 is 19.5 Å². The minimum absolute atomic E-state index is 0.127. The Hall–Kier alpha value is -3.33. The van der Waals surface area contributed by atoms with Crippen molar-refractivity contribution in [1.29, 1.82) is 0 Å². The highest BCUT2D eigenvalue weighted by Gasteiger charge is 2.16. The van der Waals surface area contributed by atoms with Crippen LogP contribution in [0.3, 0.4) is 0 Å². The number of benzene rings is 2. The van der Waals surface area contributed by atoms with Crippen LogP contribution in [0.5, 0.6) is 17.2 Å². The van der Waals surface area contributed by atoms with Crippen LogP contribution in [0.25, 0.3) is 0 Å². The van der Waals surface area contributed by atoms with E-state index in [1.165, 1.54) is 6.21 Å². The van der Waals surface area contributed by atoms with Crippen molar-refractivity contribution < 1.29 is 23.8 Å². The molecule has 150 valence electrons. The summed E-state index contributed by atoms with van der Waals surface area (Å²) in [5.74, 6) is 0.901. The highest BCUT2D eigenvalue weighted by Crippen LogP contribution is 2.32. The van der Waals surface area contributed by atoms with Crippen LogP contribution in [0.15, 0.2) is 58.6 Å². The van der Waals surface area contributed by atoms with Gasteiger partial charge in [0.1, 0.15) is 12.4 Å². The number of hydrogen-bond acceptors (Lipinski definition) is 6. The molecule has 0 radical (unpaired) electrons. The third-order valence-electron chi connectivity index (χ3n) is 3.76. The van der Waals surface area contributed by atoms with Gasteiger partial charge in [0, 0.05) is 5.56 Å². The summed E-state index contributed by atoms with van der Waals surface area (Å²) >= 11 is 3.41. The van der Waals surface area contributed by atoms with Gasteiger partial charge in [-0.2, -0.15) is 5.10 Å². The lowest BCUT2D eigenvalue weighted by Crippen LogP contribution is -2.34. The number of carbonyl (C=O) groups excluding carboxylic acids is 2. The summed E-state index contributed by atoms with van der Waals surface area (Å²) in [4.78, 5) is 24.0. The van der Waals surface area contributed by atoms with Gasteiger partial charge in [-0.3, -0.25) is 9.59 Å². The Morgan fingerprint density at radius 3 is 2.83 bits per heavy atom. The van der Waals surface area contributed by atoms with Crippen molar-refractivity contribution in [3.05, 3.63) is 64.7 Å². The highest BCUT2D eigenvalue weighted by molar-refractivity contribution is 9.10. The summed E-state index contributed by atoms with van der Waals surface area (Å²) in [5.41, 5.74) is 3.49. The second-order valence-electron chi connectivity index (χ2n) is 5.83. The monoisotopic (exact) mass is 459 g/mol. The standard InChI is InChI=1S/C20H18BrN3O5/c1-2-7-27-16-5-3-13(8-15(16)21)10-23-24-19(25)11-22-20(26)14-4-6-17-18(9-14)29-12-28-17/h2-6,8-10H,1,7,11-12H2,(H,22,26)(H,24,25)/b23-10-. The van der Waals surface area contributed by atoms with Crippen LogP contribution in [-0.4, -0.2) is 38.0 Å². The van der Waals surface area contributed by atoms with Gasteiger partial charge in [0.15, 0.2) is 11.5 Å². The Kier molecular flexibility index (Phi) is 6.85. The highest BCUT2D eigenvalue weighted by atomic mass is 79.9. The van der Waals surface area contributed by atoms with Crippen molar-refractivity contribution in [2.45, 2.75) is 0 Å².